The quantitative estimate of drug-likeness (QED) is 0.129. The number of carbonyl (C=O) groups excluding carboxylic acids is 2. The molecule has 2 fully saturated rings. The highest BCUT2D eigenvalue weighted by Crippen LogP contribution is 2.47. The highest BCUT2D eigenvalue weighted by Gasteiger charge is 2.52. The number of nitrogens with zero attached hydrogens (tertiary/aromatic N) is 5. The van der Waals surface area contributed by atoms with Crippen molar-refractivity contribution in [1.82, 2.24) is 19.7 Å². The van der Waals surface area contributed by atoms with E-state index in [2.05, 4.69) is 94.6 Å². The minimum Gasteiger partial charge on any atom is -0.475 e. The van der Waals surface area contributed by atoms with Crippen molar-refractivity contribution >= 4 is 28.6 Å². The molecular formula is C49H45N5O4. The van der Waals surface area contributed by atoms with Crippen LogP contribution in [0.15, 0.2) is 158 Å². The largest absolute Gasteiger partial charge is 0.475 e. The first-order valence-electron chi connectivity index (χ1n) is 20.0. The molecule has 0 N–H and O–H groups in total. The van der Waals surface area contributed by atoms with Gasteiger partial charge in [0, 0.05) is 48.5 Å². The van der Waals surface area contributed by atoms with Gasteiger partial charge in [0.2, 0.25) is 11.8 Å². The van der Waals surface area contributed by atoms with Crippen LogP contribution in [0.4, 0.5) is 10.5 Å². The molecule has 1 spiro atoms. The number of aromatic nitrogens is 3. The van der Waals surface area contributed by atoms with E-state index >= 15 is 0 Å². The van der Waals surface area contributed by atoms with Crippen LogP contribution < -0.4 is 9.64 Å². The molecule has 0 bridgehead atoms. The minimum absolute atomic E-state index is 0.0304. The molecule has 2 aliphatic heterocycles. The van der Waals surface area contributed by atoms with Crippen LogP contribution in [0.2, 0.25) is 0 Å². The number of hydrogen-bond acceptors (Lipinski definition) is 6. The summed E-state index contributed by atoms with van der Waals surface area (Å²) in [6, 6.07) is 51.3. The van der Waals surface area contributed by atoms with Crippen LogP contribution in [0.3, 0.4) is 0 Å². The first-order chi connectivity index (χ1) is 28.4. The Hall–Kier alpha value is -6.74. The van der Waals surface area contributed by atoms with Crippen LogP contribution in [-0.2, 0) is 21.7 Å². The number of ether oxygens (including phenoxy) is 2. The maximum Gasteiger partial charge on any atom is 0.410 e. The van der Waals surface area contributed by atoms with Gasteiger partial charge in [-0.3, -0.25) is 4.79 Å². The van der Waals surface area contributed by atoms with Gasteiger partial charge in [-0.05, 0) is 73.2 Å². The Balaban J connectivity index is 1.15. The zero-order valence-electron chi connectivity index (χ0n) is 32.7. The third kappa shape index (κ3) is 6.56. The zero-order chi connectivity index (χ0) is 39.7. The SMILES string of the molecule is CC(C)Oc1cc(-c2nn(C(c3ccccc3)(c3ccccc3)c3ccccc3)c3ccc(N4CC[C@]5(CCN(C(=O)OCc6ccccc6)C5)C4=O)cc23)ccn1. The second kappa shape index (κ2) is 15.3. The molecule has 2 amide bonds. The van der Waals surface area contributed by atoms with Gasteiger partial charge in [-0.1, -0.05) is 121 Å². The highest BCUT2D eigenvalue weighted by molar-refractivity contribution is 6.04. The van der Waals surface area contributed by atoms with Crippen molar-refractivity contribution < 1.29 is 19.1 Å². The normalized spacial score (nSPS) is 16.8. The third-order valence-corrected chi connectivity index (χ3v) is 11.6. The fraction of sp³-hybridized carbons (Fsp3) is 0.224. The minimum atomic E-state index is -0.873. The number of anilines is 1. The highest BCUT2D eigenvalue weighted by atomic mass is 16.6. The van der Waals surface area contributed by atoms with Gasteiger partial charge in [-0.2, -0.15) is 5.10 Å². The van der Waals surface area contributed by atoms with E-state index in [1.807, 2.05) is 85.5 Å². The van der Waals surface area contributed by atoms with Gasteiger partial charge in [0.05, 0.1) is 17.0 Å². The molecule has 7 aromatic rings. The molecule has 9 nitrogen and oxygen atoms in total. The molecule has 4 heterocycles. The van der Waals surface area contributed by atoms with Crippen molar-refractivity contribution in [2.45, 2.75) is 44.9 Å². The summed E-state index contributed by atoms with van der Waals surface area (Å²) in [7, 11) is 0. The summed E-state index contributed by atoms with van der Waals surface area (Å²) in [6.07, 6.45) is 2.55. The molecule has 2 saturated heterocycles. The number of rotatable bonds is 10. The van der Waals surface area contributed by atoms with Crippen LogP contribution in [0.5, 0.6) is 5.88 Å². The number of carbonyl (C=O) groups is 2. The van der Waals surface area contributed by atoms with Crippen molar-refractivity contribution in [3.8, 4) is 17.1 Å². The molecule has 58 heavy (non-hydrogen) atoms. The predicted octanol–water partition coefficient (Wildman–Crippen LogP) is 9.49. The van der Waals surface area contributed by atoms with Crippen molar-refractivity contribution in [3.63, 3.8) is 0 Å². The number of pyridine rings is 1. The summed E-state index contributed by atoms with van der Waals surface area (Å²) in [4.78, 5) is 35.8. The van der Waals surface area contributed by atoms with E-state index < -0.39 is 11.0 Å². The molecule has 2 aromatic heterocycles. The molecule has 290 valence electrons. The van der Waals surface area contributed by atoms with Gasteiger partial charge in [0.25, 0.3) is 0 Å². The van der Waals surface area contributed by atoms with E-state index in [-0.39, 0.29) is 24.7 Å². The van der Waals surface area contributed by atoms with Gasteiger partial charge in [-0.15, -0.1) is 0 Å². The van der Waals surface area contributed by atoms with Crippen molar-refractivity contribution in [2.24, 2.45) is 5.41 Å². The fourth-order valence-corrected chi connectivity index (χ4v) is 8.79. The maximum atomic E-state index is 14.5. The summed E-state index contributed by atoms with van der Waals surface area (Å²) in [5, 5.41) is 6.47. The first kappa shape index (κ1) is 36.9. The zero-order valence-corrected chi connectivity index (χ0v) is 32.7. The maximum absolute atomic E-state index is 14.5. The lowest BCUT2D eigenvalue weighted by molar-refractivity contribution is -0.124. The summed E-state index contributed by atoms with van der Waals surface area (Å²) >= 11 is 0. The number of likely N-dealkylation sites (tertiary alicyclic amines) is 1. The van der Waals surface area contributed by atoms with Gasteiger partial charge < -0.3 is 19.3 Å². The Bertz CT molecular complexity index is 2460. The molecule has 9 rings (SSSR count). The number of benzene rings is 5. The number of hydrogen-bond donors (Lipinski definition) is 0. The molecule has 0 aliphatic carbocycles. The Morgan fingerprint density at radius 2 is 1.36 bits per heavy atom. The van der Waals surface area contributed by atoms with Crippen molar-refractivity contribution in [2.75, 3.05) is 24.5 Å². The van der Waals surface area contributed by atoms with E-state index in [4.69, 9.17) is 14.6 Å². The van der Waals surface area contributed by atoms with E-state index in [0.29, 0.717) is 38.4 Å². The van der Waals surface area contributed by atoms with E-state index in [1.54, 1.807) is 11.1 Å². The fourth-order valence-electron chi connectivity index (χ4n) is 8.79. The van der Waals surface area contributed by atoms with Gasteiger partial charge in [0.15, 0.2) is 0 Å². The topological polar surface area (TPSA) is 89.8 Å². The second-order valence-electron chi connectivity index (χ2n) is 15.5. The standard InChI is InChI=1S/C49H45N5O4/c1-35(2)58-44-31-37(25-28-50-44)45-42-32-41(53-30-27-48(46(53)55)26-29-52(34-48)47(56)57-33-36-15-7-3-8-16-36)23-24-43(42)54(51-45)49(38-17-9-4-10-18-38,39-19-11-5-12-20-39)40-21-13-6-14-22-40/h3-25,28,31-32,35H,26-27,29-30,33-34H2,1-2H3/t48-/m0/s1. The van der Waals surface area contributed by atoms with Crippen LogP contribution in [0.1, 0.15) is 48.9 Å². The molecule has 0 saturated carbocycles. The summed E-state index contributed by atoms with van der Waals surface area (Å²) in [5.74, 6) is 0.541. The number of amides is 2. The molecule has 0 radical (unpaired) electrons. The van der Waals surface area contributed by atoms with E-state index in [1.165, 1.54) is 0 Å². The van der Waals surface area contributed by atoms with E-state index in [0.717, 1.165) is 50.1 Å². The molecule has 9 heteroatoms. The molecule has 2 aliphatic rings. The van der Waals surface area contributed by atoms with Crippen LogP contribution in [0, 0.1) is 5.41 Å². The third-order valence-electron chi connectivity index (χ3n) is 11.6. The predicted molar refractivity (Wildman–Crippen MR) is 226 cm³/mol. The average molecular weight is 768 g/mol. The van der Waals surface area contributed by atoms with Crippen LogP contribution in [0.25, 0.3) is 22.2 Å². The molecule has 1 atom stereocenters. The lowest BCUT2D eigenvalue weighted by Gasteiger charge is -2.37. The van der Waals surface area contributed by atoms with E-state index in [9.17, 15) is 9.59 Å². The van der Waals surface area contributed by atoms with Crippen molar-refractivity contribution in [3.05, 3.63) is 180 Å². The summed E-state index contributed by atoms with van der Waals surface area (Å²) in [6.45, 7) is 5.52. The van der Waals surface area contributed by atoms with Gasteiger partial charge >= 0.3 is 6.09 Å². The Kier molecular flexibility index (Phi) is 9.73. The molecular weight excluding hydrogens is 723 g/mol. The Morgan fingerprint density at radius 3 is 1.98 bits per heavy atom. The lowest BCUT2D eigenvalue weighted by Crippen LogP contribution is -2.39. The monoisotopic (exact) mass is 767 g/mol. The molecule has 5 aromatic carbocycles. The van der Waals surface area contributed by atoms with Crippen molar-refractivity contribution in [1.29, 1.82) is 0 Å². The number of fused-ring (bicyclic) bond motifs is 1. The summed E-state index contributed by atoms with van der Waals surface area (Å²) in [5.41, 5.74) is 5.82. The Labute approximate surface area is 338 Å². The average Bonchev–Trinajstić information content (AvgIpc) is 3.97. The van der Waals surface area contributed by atoms with Gasteiger partial charge in [-0.25, -0.2) is 14.5 Å². The smallest absolute Gasteiger partial charge is 0.410 e. The lowest BCUT2D eigenvalue weighted by atomic mass is 9.77. The first-order valence-corrected chi connectivity index (χ1v) is 20.0. The van der Waals surface area contributed by atoms with Crippen LogP contribution in [-0.4, -0.2) is 57.4 Å². The van der Waals surface area contributed by atoms with Gasteiger partial charge in [0.1, 0.15) is 17.8 Å². The second-order valence-corrected chi connectivity index (χ2v) is 15.5. The Morgan fingerprint density at radius 1 is 0.759 bits per heavy atom. The molecule has 0 unspecified atom stereocenters. The van der Waals surface area contributed by atoms with Crippen LogP contribution >= 0.6 is 0 Å². The summed E-state index contributed by atoms with van der Waals surface area (Å²) < 4.78 is 13.9.